The summed E-state index contributed by atoms with van der Waals surface area (Å²) < 4.78 is 22.3. The standard InChI is InChI=1S/C26H52O5/c1-6-9-10-11-12-13-14-15-16-17-18-19-20-21-26(31-24(5)29-8-3)25(27)22-30-23(4)28-7-2/h20-21,23-27H,6-19,22H2,1-5H3/t23?,24?,25-,26-/m0/s1. The summed E-state index contributed by atoms with van der Waals surface area (Å²) >= 11 is 0. The first-order valence-corrected chi connectivity index (χ1v) is 12.9. The van der Waals surface area contributed by atoms with E-state index >= 15 is 0 Å². The zero-order valence-electron chi connectivity index (χ0n) is 21.2. The van der Waals surface area contributed by atoms with Crippen LogP contribution >= 0.6 is 0 Å². The number of rotatable bonds is 23. The number of allylic oxidation sites excluding steroid dienone is 1. The van der Waals surface area contributed by atoms with Gasteiger partial charge in [-0.15, -0.1) is 0 Å². The van der Waals surface area contributed by atoms with Crippen LogP contribution in [0.25, 0.3) is 0 Å². The van der Waals surface area contributed by atoms with Gasteiger partial charge in [0.1, 0.15) is 12.2 Å². The smallest absolute Gasteiger partial charge is 0.155 e. The van der Waals surface area contributed by atoms with Gasteiger partial charge in [-0.2, -0.15) is 0 Å². The Morgan fingerprint density at radius 1 is 0.677 bits per heavy atom. The van der Waals surface area contributed by atoms with Crippen LogP contribution in [0.1, 0.15) is 112 Å². The number of hydrogen-bond acceptors (Lipinski definition) is 5. The van der Waals surface area contributed by atoms with Crippen LogP contribution < -0.4 is 0 Å². The van der Waals surface area contributed by atoms with Gasteiger partial charge in [-0.25, -0.2) is 0 Å². The Hall–Kier alpha value is -0.460. The summed E-state index contributed by atoms with van der Waals surface area (Å²) in [5.74, 6) is 0. The third-order valence-electron chi connectivity index (χ3n) is 5.33. The minimum Gasteiger partial charge on any atom is -0.388 e. The Morgan fingerprint density at radius 2 is 1.19 bits per heavy atom. The predicted octanol–water partition coefficient (Wildman–Crippen LogP) is 6.77. The van der Waals surface area contributed by atoms with Gasteiger partial charge >= 0.3 is 0 Å². The van der Waals surface area contributed by atoms with Gasteiger partial charge in [0.2, 0.25) is 0 Å². The molecular formula is C26H52O5. The van der Waals surface area contributed by atoms with Crippen molar-refractivity contribution in [3.8, 4) is 0 Å². The first-order valence-electron chi connectivity index (χ1n) is 12.9. The van der Waals surface area contributed by atoms with Crippen LogP contribution in [-0.2, 0) is 18.9 Å². The highest BCUT2D eigenvalue weighted by Gasteiger charge is 2.21. The molecule has 0 aromatic carbocycles. The van der Waals surface area contributed by atoms with Crippen LogP contribution in [0, 0.1) is 0 Å². The zero-order valence-corrected chi connectivity index (χ0v) is 21.2. The van der Waals surface area contributed by atoms with E-state index in [1.54, 1.807) is 0 Å². The molecule has 0 aromatic heterocycles. The topological polar surface area (TPSA) is 57.2 Å². The van der Waals surface area contributed by atoms with Crippen molar-refractivity contribution in [2.24, 2.45) is 0 Å². The molecule has 0 saturated heterocycles. The lowest BCUT2D eigenvalue weighted by Gasteiger charge is -2.25. The van der Waals surface area contributed by atoms with Crippen molar-refractivity contribution in [1.82, 2.24) is 0 Å². The molecule has 0 aliphatic rings. The van der Waals surface area contributed by atoms with E-state index in [0.29, 0.717) is 13.2 Å². The summed E-state index contributed by atoms with van der Waals surface area (Å²) in [6.07, 6.45) is 17.9. The minimum absolute atomic E-state index is 0.160. The van der Waals surface area contributed by atoms with Gasteiger partial charge in [0, 0.05) is 13.2 Å². The lowest BCUT2D eigenvalue weighted by atomic mass is 10.0. The lowest BCUT2D eigenvalue weighted by molar-refractivity contribution is -0.190. The summed E-state index contributed by atoms with van der Waals surface area (Å²) in [6.45, 7) is 11.1. The molecule has 0 saturated carbocycles. The maximum atomic E-state index is 10.5. The van der Waals surface area contributed by atoms with Crippen molar-refractivity contribution in [3.63, 3.8) is 0 Å². The quantitative estimate of drug-likeness (QED) is 0.107. The predicted molar refractivity (Wildman–Crippen MR) is 129 cm³/mol. The lowest BCUT2D eigenvalue weighted by Crippen LogP contribution is -2.36. The van der Waals surface area contributed by atoms with Crippen molar-refractivity contribution >= 4 is 0 Å². The number of aliphatic hydroxyl groups excluding tert-OH is 1. The number of hydrogen-bond donors (Lipinski definition) is 1. The zero-order chi connectivity index (χ0) is 23.2. The third kappa shape index (κ3) is 19.9. The highest BCUT2D eigenvalue weighted by atomic mass is 16.7. The van der Waals surface area contributed by atoms with Gasteiger partial charge in [0.25, 0.3) is 0 Å². The monoisotopic (exact) mass is 444 g/mol. The first-order chi connectivity index (χ1) is 15.0. The molecule has 0 aliphatic heterocycles. The average Bonchev–Trinajstić information content (AvgIpc) is 2.74. The summed E-state index contributed by atoms with van der Waals surface area (Å²) in [5.41, 5.74) is 0. The van der Waals surface area contributed by atoms with E-state index in [1.165, 1.54) is 70.6 Å². The van der Waals surface area contributed by atoms with Crippen LogP contribution in [0.5, 0.6) is 0 Å². The van der Waals surface area contributed by atoms with Gasteiger partial charge in [0.05, 0.1) is 6.61 Å². The van der Waals surface area contributed by atoms with E-state index in [1.807, 2.05) is 33.8 Å². The van der Waals surface area contributed by atoms with Crippen LogP contribution in [0.15, 0.2) is 12.2 Å². The minimum atomic E-state index is -0.764. The molecule has 0 aromatic rings. The van der Waals surface area contributed by atoms with Crippen LogP contribution in [0.3, 0.4) is 0 Å². The normalized spacial score (nSPS) is 15.9. The van der Waals surface area contributed by atoms with Crippen molar-refractivity contribution in [1.29, 1.82) is 0 Å². The van der Waals surface area contributed by atoms with E-state index in [4.69, 9.17) is 18.9 Å². The third-order valence-corrected chi connectivity index (χ3v) is 5.33. The molecule has 0 amide bonds. The largest absolute Gasteiger partial charge is 0.388 e. The van der Waals surface area contributed by atoms with Crippen molar-refractivity contribution in [2.45, 2.75) is 136 Å². The van der Waals surface area contributed by atoms with Gasteiger partial charge in [-0.05, 0) is 40.5 Å². The molecule has 0 bridgehead atoms. The fraction of sp³-hybridized carbons (Fsp3) is 0.923. The van der Waals surface area contributed by atoms with Crippen LogP contribution in [0.2, 0.25) is 0 Å². The highest BCUT2D eigenvalue weighted by molar-refractivity contribution is 4.93. The first kappa shape index (κ1) is 30.5. The Bertz CT molecular complexity index is 388. The fourth-order valence-corrected chi connectivity index (χ4v) is 3.53. The molecule has 186 valence electrons. The Balaban J connectivity index is 4.07. The molecule has 2 unspecified atom stereocenters. The number of ether oxygens (including phenoxy) is 4. The van der Waals surface area contributed by atoms with E-state index in [0.717, 1.165) is 6.42 Å². The molecule has 4 atom stereocenters. The molecule has 5 nitrogen and oxygen atoms in total. The second-order valence-electron chi connectivity index (χ2n) is 8.30. The Morgan fingerprint density at radius 3 is 1.74 bits per heavy atom. The summed E-state index contributed by atoms with van der Waals surface area (Å²) in [6, 6.07) is 0. The summed E-state index contributed by atoms with van der Waals surface area (Å²) in [5, 5.41) is 10.5. The fourth-order valence-electron chi connectivity index (χ4n) is 3.53. The second kappa shape index (κ2) is 22.7. The Labute approximate surface area is 192 Å². The SMILES string of the molecule is CCCCCCCCCCCCCC=C[C@H](OC(C)OCC)[C@@H](O)COC(C)OCC. The van der Waals surface area contributed by atoms with Gasteiger partial charge in [0.15, 0.2) is 12.6 Å². The van der Waals surface area contributed by atoms with E-state index < -0.39 is 12.2 Å². The highest BCUT2D eigenvalue weighted by Crippen LogP contribution is 2.13. The molecule has 31 heavy (non-hydrogen) atoms. The van der Waals surface area contributed by atoms with E-state index in [-0.39, 0.29) is 19.2 Å². The molecule has 0 aliphatic carbocycles. The van der Waals surface area contributed by atoms with Crippen molar-refractivity contribution in [3.05, 3.63) is 12.2 Å². The molecule has 0 rings (SSSR count). The molecule has 1 N–H and O–H groups in total. The second-order valence-corrected chi connectivity index (χ2v) is 8.30. The molecule has 0 radical (unpaired) electrons. The summed E-state index contributed by atoms with van der Waals surface area (Å²) in [4.78, 5) is 0. The van der Waals surface area contributed by atoms with E-state index in [9.17, 15) is 5.11 Å². The number of aliphatic hydroxyl groups is 1. The van der Waals surface area contributed by atoms with Crippen molar-refractivity contribution in [2.75, 3.05) is 19.8 Å². The maximum absolute atomic E-state index is 10.5. The van der Waals surface area contributed by atoms with Crippen molar-refractivity contribution < 1.29 is 24.1 Å². The summed E-state index contributed by atoms with van der Waals surface area (Å²) in [7, 11) is 0. The van der Waals surface area contributed by atoms with Crippen LogP contribution in [0.4, 0.5) is 0 Å². The maximum Gasteiger partial charge on any atom is 0.155 e. The van der Waals surface area contributed by atoms with Gasteiger partial charge < -0.3 is 24.1 Å². The molecule has 0 fully saturated rings. The molecule has 5 heteroatoms. The molecular weight excluding hydrogens is 392 g/mol. The van der Waals surface area contributed by atoms with Gasteiger partial charge in [-0.3, -0.25) is 0 Å². The average molecular weight is 445 g/mol. The van der Waals surface area contributed by atoms with E-state index in [2.05, 4.69) is 13.0 Å². The Kier molecular flexibility index (Phi) is 22.4. The van der Waals surface area contributed by atoms with Crippen LogP contribution in [-0.4, -0.2) is 49.7 Å². The molecule has 0 heterocycles. The molecule has 0 spiro atoms. The number of unbranched alkanes of at least 4 members (excludes halogenated alkanes) is 11. The van der Waals surface area contributed by atoms with Gasteiger partial charge in [-0.1, -0.05) is 83.3 Å².